The van der Waals surface area contributed by atoms with Crippen LogP contribution in [0.25, 0.3) is 0 Å². The van der Waals surface area contributed by atoms with Crippen molar-refractivity contribution in [3.8, 4) is 5.75 Å². The molecule has 21 heavy (non-hydrogen) atoms. The third-order valence-corrected chi connectivity index (χ3v) is 3.45. The number of amides is 1. The summed E-state index contributed by atoms with van der Waals surface area (Å²) in [5.74, 6) is 1.15. The Morgan fingerprint density at radius 2 is 1.90 bits per heavy atom. The van der Waals surface area contributed by atoms with Crippen molar-refractivity contribution < 1.29 is 9.53 Å². The summed E-state index contributed by atoms with van der Waals surface area (Å²) < 4.78 is 5.24. The van der Waals surface area contributed by atoms with Crippen LogP contribution in [-0.4, -0.2) is 18.9 Å². The SMILES string of the molecule is COc1cc(C(=O)Nc2ccc(CCCl)cc2)ccc1C. The summed E-state index contributed by atoms with van der Waals surface area (Å²) in [5, 5.41) is 2.87. The summed E-state index contributed by atoms with van der Waals surface area (Å²) in [5.41, 5.74) is 3.49. The van der Waals surface area contributed by atoms with E-state index in [-0.39, 0.29) is 5.91 Å². The highest BCUT2D eigenvalue weighted by molar-refractivity contribution is 6.18. The minimum atomic E-state index is -0.154. The number of aryl methyl sites for hydroxylation is 2. The molecule has 2 aromatic carbocycles. The fraction of sp³-hybridized carbons (Fsp3) is 0.235. The van der Waals surface area contributed by atoms with Crippen LogP contribution in [0.3, 0.4) is 0 Å². The van der Waals surface area contributed by atoms with Crippen LogP contribution in [0.4, 0.5) is 5.69 Å². The van der Waals surface area contributed by atoms with Gasteiger partial charge in [0.2, 0.25) is 0 Å². The molecule has 0 saturated carbocycles. The van der Waals surface area contributed by atoms with E-state index in [1.807, 2.05) is 37.3 Å². The van der Waals surface area contributed by atoms with Crippen LogP contribution in [0.5, 0.6) is 5.75 Å². The van der Waals surface area contributed by atoms with Crippen LogP contribution in [0.1, 0.15) is 21.5 Å². The lowest BCUT2D eigenvalue weighted by Gasteiger charge is -2.09. The zero-order valence-electron chi connectivity index (χ0n) is 12.2. The van der Waals surface area contributed by atoms with Gasteiger partial charge in [-0.3, -0.25) is 4.79 Å². The molecule has 0 aliphatic rings. The molecule has 0 heterocycles. The lowest BCUT2D eigenvalue weighted by atomic mass is 10.1. The molecule has 110 valence electrons. The lowest BCUT2D eigenvalue weighted by Crippen LogP contribution is -2.12. The fourth-order valence-corrected chi connectivity index (χ4v) is 2.25. The van der Waals surface area contributed by atoms with Crippen LogP contribution in [0.15, 0.2) is 42.5 Å². The predicted octanol–water partition coefficient (Wildman–Crippen LogP) is 4.04. The molecular formula is C17H18ClNO2. The molecule has 0 aliphatic heterocycles. The minimum absolute atomic E-state index is 0.154. The van der Waals surface area contributed by atoms with Gasteiger partial charge in [0.25, 0.3) is 5.91 Å². The summed E-state index contributed by atoms with van der Waals surface area (Å²) in [6, 6.07) is 13.1. The Labute approximate surface area is 129 Å². The van der Waals surface area contributed by atoms with Crippen molar-refractivity contribution in [1.82, 2.24) is 0 Å². The van der Waals surface area contributed by atoms with Crippen LogP contribution in [-0.2, 0) is 6.42 Å². The number of hydrogen-bond acceptors (Lipinski definition) is 2. The molecule has 4 heteroatoms. The van der Waals surface area contributed by atoms with E-state index in [2.05, 4.69) is 5.32 Å². The Kier molecular flexibility index (Phi) is 5.23. The summed E-state index contributed by atoms with van der Waals surface area (Å²) in [6.07, 6.45) is 0.824. The van der Waals surface area contributed by atoms with E-state index in [4.69, 9.17) is 16.3 Å². The summed E-state index contributed by atoms with van der Waals surface area (Å²) in [4.78, 5) is 12.2. The molecule has 0 atom stereocenters. The number of anilines is 1. The second kappa shape index (κ2) is 7.14. The fourth-order valence-electron chi connectivity index (χ4n) is 2.03. The van der Waals surface area contributed by atoms with Crippen molar-refractivity contribution in [2.45, 2.75) is 13.3 Å². The number of nitrogens with one attached hydrogen (secondary N) is 1. The number of alkyl halides is 1. The van der Waals surface area contributed by atoms with Gasteiger partial charge in [-0.25, -0.2) is 0 Å². The van der Waals surface area contributed by atoms with Gasteiger partial charge in [0.05, 0.1) is 7.11 Å². The number of rotatable bonds is 5. The van der Waals surface area contributed by atoms with E-state index in [9.17, 15) is 4.79 Å². The smallest absolute Gasteiger partial charge is 0.255 e. The Balaban J connectivity index is 2.10. The van der Waals surface area contributed by atoms with Gasteiger partial charge in [-0.15, -0.1) is 11.6 Å². The maximum Gasteiger partial charge on any atom is 0.255 e. The van der Waals surface area contributed by atoms with Crippen molar-refractivity contribution in [1.29, 1.82) is 0 Å². The highest BCUT2D eigenvalue weighted by Crippen LogP contribution is 2.20. The quantitative estimate of drug-likeness (QED) is 0.847. The monoisotopic (exact) mass is 303 g/mol. The van der Waals surface area contributed by atoms with E-state index in [1.165, 1.54) is 0 Å². The maximum absolute atomic E-state index is 12.2. The molecule has 3 nitrogen and oxygen atoms in total. The molecular weight excluding hydrogens is 286 g/mol. The van der Waals surface area contributed by atoms with Gasteiger partial charge < -0.3 is 10.1 Å². The number of methoxy groups -OCH3 is 1. The van der Waals surface area contributed by atoms with Crippen molar-refractivity contribution >= 4 is 23.2 Å². The summed E-state index contributed by atoms with van der Waals surface area (Å²) >= 11 is 5.70. The van der Waals surface area contributed by atoms with E-state index in [0.717, 1.165) is 23.2 Å². The largest absolute Gasteiger partial charge is 0.496 e. The first-order valence-corrected chi connectivity index (χ1v) is 7.28. The molecule has 0 aliphatic carbocycles. The van der Waals surface area contributed by atoms with Crippen molar-refractivity contribution in [2.75, 3.05) is 18.3 Å². The second-order valence-electron chi connectivity index (χ2n) is 4.77. The molecule has 1 N–H and O–H groups in total. The molecule has 0 aromatic heterocycles. The first kappa shape index (κ1) is 15.4. The summed E-state index contributed by atoms with van der Waals surface area (Å²) in [6.45, 7) is 1.94. The van der Waals surface area contributed by atoms with E-state index < -0.39 is 0 Å². The number of carbonyl (C=O) groups is 1. The minimum Gasteiger partial charge on any atom is -0.496 e. The first-order chi connectivity index (χ1) is 10.1. The van der Waals surface area contributed by atoms with Gasteiger partial charge >= 0.3 is 0 Å². The molecule has 0 spiro atoms. The lowest BCUT2D eigenvalue weighted by molar-refractivity contribution is 0.102. The zero-order chi connectivity index (χ0) is 15.2. The van der Waals surface area contributed by atoms with Crippen LogP contribution >= 0.6 is 11.6 Å². The molecule has 0 bridgehead atoms. The first-order valence-electron chi connectivity index (χ1n) is 6.75. The number of carbonyl (C=O) groups excluding carboxylic acids is 1. The van der Waals surface area contributed by atoms with E-state index in [0.29, 0.717) is 17.2 Å². The number of halogens is 1. The van der Waals surface area contributed by atoms with E-state index in [1.54, 1.807) is 19.2 Å². The predicted molar refractivity (Wildman–Crippen MR) is 86.6 cm³/mol. The molecule has 2 rings (SSSR count). The van der Waals surface area contributed by atoms with E-state index >= 15 is 0 Å². The Morgan fingerprint density at radius 3 is 2.52 bits per heavy atom. The normalized spacial score (nSPS) is 10.2. The Morgan fingerprint density at radius 1 is 1.19 bits per heavy atom. The molecule has 0 saturated heterocycles. The Bertz CT molecular complexity index is 623. The molecule has 2 aromatic rings. The van der Waals surface area contributed by atoms with Crippen molar-refractivity contribution in [3.63, 3.8) is 0 Å². The average molecular weight is 304 g/mol. The van der Waals surface area contributed by atoms with Gasteiger partial charge in [-0.05, 0) is 48.7 Å². The number of benzene rings is 2. The third kappa shape index (κ3) is 3.99. The third-order valence-electron chi connectivity index (χ3n) is 3.27. The van der Waals surface area contributed by atoms with Crippen LogP contribution in [0, 0.1) is 6.92 Å². The average Bonchev–Trinajstić information content (AvgIpc) is 2.50. The van der Waals surface area contributed by atoms with Crippen LogP contribution < -0.4 is 10.1 Å². The summed E-state index contributed by atoms with van der Waals surface area (Å²) in [7, 11) is 1.60. The molecule has 0 radical (unpaired) electrons. The molecule has 0 fully saturated rings. The standard InChI is InChI=1S/C17H18ClNO2/c1-12-3-6-14(11-16(12)21-2)17(20)19-15-7-4-13(5-8-15)9-10-18/h3-8,11H,9-10H2,1-2H3,(H,19,20). The van der Waals surface area contributed by atoms with Crippen molar-refractivity contribution in [2.24, 2.45) is 0 Å². The zero-order valence-corrected chi connectivity index (χ0v) is 12.9. The Hall–Kier alpha value is -2.00. The topological polar surface area (TPSA) is 38.3 Å². The second-order valence-corrected chi connectivity index (χ2v) is 5.15. The van der Waals surface area contributed by atoms with Gasteiger partial charge in [0, 0.05) is 17.1 Å². The van der Waals surface area contributed by atoms with Crippen LogP contribution in [0.2, 0.25) is 0 Å². The molecule has 0 unspecified atom stereocenters. The highest BCUT2D eigenvalue weighted by atomic mass is 35.5. The highest BCUT2D eigenvalue weighted by Gasteiger charge is 2.09. The van der Waals surface area contributed by atoms with Gasteiger partial charge in [-0.2, -0.15) is 0 Å². The van der Waals surface area contributed by atoms with Gasteiger partial charge in [0.15, 0.2) is 0 Å². The maximum atomic E-state index is 12.2. The molecule has 1 amide bonds. The number of ether oxygens (including phenoxy) is 1. The van der Waals surface area contributed by atoms with Gasteiger partial charge in [-0.1, -0.05) is 18.2 Å². The van der Waals surface area contributed by atoms with Crippen molar-refractivity contribution in [3.05, 3.63) is 59.2 Å². The van der Waals surface area contributed by atoms with Gasteiger partial charge in [0.1, 0.15) is 5.75 Å². The number of hydrogen-bond donors (Lipinski definition) is 1.